The van der Waals surface area contributed by atoms with Gasteiger partial charge in [-0.3, -0.25) is 34.8 Å². The van der Waals surface area contributed by atoms with E-state index in [2.05, 4.69) is 10.6 Å². The summed E-state index contributed by atoms with van der Waals surface area (Å²) in [6.45, 7) is -1.14. The summed E-state index contributed by atoms with van der Waals surface area (Å²) < 4.78 is 0. The van der Waals surface area contributed by atoms with Crippen LogP contribution in [0.3, 0.4) is 0 Å². The number of rotatable bonds is 10. The van der Waals surface area contributed by atoms with E-state index >= 15 is 0 Å². The third kappa shape index (κ3) is 7.38. The van der Waals surface area contributed by atoms with E-state index in [0.29, 0.717) is 16.8 Å². The topological polar surface area (TPSA) is 236 Å². The summed E-state index contributed by atoms with van der Waals surface area (Å²) in [5, 5.41) is 29.1. The number of nitrogens with two attached hydrogens (primary N) is 2. The van der Waals surface area contributed by atoms with Crippen LogP contribution in [-0.4, -0.2) is 88.4 Å². The molecule has 39 heavy (non-hydrogen) atoms. The lowest BCUT2D eigenvalue weighted by atomic mass is 10.1. The van der Waals surface area contributed by atoms with Crippen molar-refractivity contribution in [1.82, 2.24) is 15.1 Å². The second-order valence-electron chi connectivity index (χ2n) is 8.67. The molecule has 2 aromatic carbocycles. The Hall–Kier alpha value is -5.27. The highest BCUT2D eigenvalue weighted by atomic mass is 16.4. The van der Waals surface area contributed by atoms with Crippen molar-refractivity contribution in [2.24, 2.45) is 11.5 Å². The first-order valence-electron chi connectivity index (χ1n) is 11.7. The summed E-state index contributed by atoms with van der Waals surface area (Å²) in [6, 6.07) is 10.7. The number of amidine groups is 2. The Labute approximate surface area is 222 Å². The summed E-state index contributed by atoms with van der Waals surface area (Å²) in [5.41, 5.74) is 12.3. The molecule has 2 aromatic rings. The van der Waals surface area contributed by atoms with Gasteiger partial charge in [0.05, 0.1) is 13.0 Å². The Morgan fingerprint density at radius 1 is 0.897 bits per heavy atom. The number of benzene rings is 2. The predicted octanol–water partition coefficient (Wildman–Crippen LogP) is -0.863. The van der Waals surface area contributed by atoms with Gasteiger partial charge in [-0.25, -0.2) is 0 Å². The van der Waals surface area contributed by atoms with E-state index in [9.17, 15) is 24.0 Å². The van der Waals surface area contributed by atoms with Crippen molar-refractivity contribution in [2.75, 3.05) is 31.5 Å². The van der Waals surface area contributed by atoms with Crippen LogP contribution in [-0.2, 0) is 19.2 Å². The summed E-state index contributed by atoms with van der Waals surface area (Å²) in [4.78, 5) is 64.8. The Balaban J connectivity index is 1.69. The summed E-state index contributed by atoms with van der Waals surface area (Å²) in [7, 11) is 0. The maximum absolute atomic E-state index is 13.1. The minimum Gasteiger partial charge on any atom is -0.480 e. The minimum absolute atomic E-state index is 0.0354. The van der Waals surface area contributed by atoms with E-state index in [1.807, 2.05) is 0 Å². The number of carboxylic acids is 1. The Morgan fingerprint density at radius 2 is 1.44 bits per heavy atom. The molecule has 1 atom stereocenters. The molecule has 0 bridgehead atoms. The molecular weight excluding hydrogens is 508 g/mol. The highest BCUT2D eigenvalue weighted by Gasteiger charge is 2.39. The van der Waals surface area contributed by atoms with E-state index in [4.69, 9.17) is 27.4 Å². The fraction of sp³-hybridized carbons (Fsp3) is 0.240. The normalized spacial score (nSPS) is 14.9. The van der Waals surface area contributed by atoms with Crippen molar-refractivity contribution < 1.29 is 29.1 Å². The SMILES string of the molecule is N=C(N)c1ccc(NC(=O)C[C@H]2C(=O)N(CC(=O)O)CCN2C(=O)CNC(=O)c2ccc(C(=N)N)cc2)cc1. The van der Waals surface area contributed by atoms with Crippen LogP contribution in [0.25, 0.3) is 0 Å². The van der Waals surface area contributed by atoms with Gasteiger partial charge in [0.15, 0.2) is 0 Å². The molecule has 1 aliphatic rings. The highest BCUT2D eigenvalue weighted by molar-refractivity contribution is 6.01. The van der Waals surface area contributed by atoms with Gasteiger partial charge in [0.1, 0.15) is 24.3 Å². The van der Waals surface area contributed by atoms with Gasteiger partial charge in [-0.15, -0.1) is 0 Å². The molecule has 4 amide bonds. The summed E-state index contributed by atoms with van der Waals surface area (Å²) >= 11 is 0. The second kappa shape index (κ2) is 12.3. The second-order valence-corrected chi connectivity index (χ2v) is 8.67. The van der Waals surface area contributed by atoms with Crippen LogP contribution in [0.1, 0.15) is 27.9 Å². The van der Waals surface area contributed by atoms with Crippen molar-refractivity contribution >= 4 is 47.0 Å². The zero-order valence-electron chi connectivity index (χ0n) is 20.8. The lowest BCUT2D eigenvalue weighted by molar-refractivity contribution is -0.155. The average molecular weight is 537 g/mol. The smallest absolute Gasteiger partial charge is 0.323 e. The molecule has 0 aliphatic carbocycles. The zero-order valence-corrected chi connectivity index (χ0v) is 20.8. The lowest BCUT2D eigenvalue weighted by Crippen LogP contribution is -2.61. The molecule has 1 fully saturated rings. The van der Waals surface area contributed by atoms with Gasteiger partial charge in [0, 0.05) is 35.5 Å². The summed E-state index contributed by atoms with van der Waals surface area (Å²) in [6.07, 6.45) is -0.449. The first-order chi connectivity index (χ1) is 18.5. The van der Waals surface area contributed by atoms with Gasteiger partial charge in [0.2, 0.25) is 17.7 Å². The number of hydrogen-bond acceptors (Lipinski definition) is 7. The number of amides is 4. The van der Waals surface area contributed by atoms with Crippen LogP contribution in [0.4, 0.5) is 5.69 Å². The zero-order chi connectivity index (χ0) is 28.7. The molecule has 0 unspecified atom stereocenters. The minimum atomic E-state index is -1.28. The quantitative estimate of drug-likeness (QED) is 0.149. The molecule has 1 saturated heterocycles. The molecule has 0 radical (unpaired) electrons. The molecular formula is C25H28N8O6. The van der Waals surface area contributed by atoms with Crippen molar-refractivity contribution in [2.45, 2.75) is 12.5 Å². The largest absolute Gasteiger partial charge is 0.480 e. The van der Waals surface area contributed by atoms with Gasteiger partial charge in [-0.1, -0.05) is 12.1 Å². The molecule has 0 spiro atoms. The van der Waals surface area contributed by atoms with Crippen molar-refractivity contribution in [3.05, 3.63) is 65.2 Å². The number of nitrogen functional groups attached to an aromatic ring is 2. The van der Waals surface area contributed by atoms with Crippen LogP contribution < -0.4 is 22.1 Å². The van der Waals surface area contributed by atoms with Crippen molar-refractivity contribution in [3.63, 3.8) is 0 Å². The Kier molecular flexibility index (Phi) is 8.94. The van der Waals surface area contributed by atoms with Crippen LogP contribution in [0.5, 0.6) is 0 Å². The van der Waals surface area contributed by atoms with E-state index in [1.165, 1.54) is 48.5 Å². The first kappa shape index (κ1) is 28.3. The molecule has 1 heterocycles. The van der Waals surface area contributed by atoms with Gasteiger partial charge < -0.3 is 37.0 Å². The van der Waals surface area contributed by atoms with E-state index in [-0.39, 0.29) is 30.3 Å². The van der Waals surface area contributed by atoms with E-state index in [0.717, 1.165) is 9.80 Å². The molecule has 3 rings (SSSR count). The number of carboxylic acid groups (broad SMARTS) is 1. The molecule has 0 saturated carbocycles. The molecule has 1 aliphatic heterocycles. The number of nitrogens with zero attached hydrogens (tertiary/aromatic N) is 2. The Morgan fingerprint density at radius 3 is 1.97 bits per heavy atom. The molecule has 204 valence electrons. The third-order valence-electron chi connectivity index (χ3n) is 5.95. The van der Waals surface area contributed by atoms with Crippen molar-refractivity contribution in [1.29, 1.82) is 10.8 Å². The number of hydrogen-bond donors (Lipinski definition) is 7. The number of anilines is 1. The average Bonchev–Trinajstić information content (AvgIpc) is 2.89. The highest BCUT2D eigenvalue weighted by Crippen LogP contribution is 2.17. The standard InChI is InChI=1S/C25H28N8O6/c26-22(27)14-1-3-16(4-2-14)24(38)30-12-20(35)33-10-9-32(13-21(36)37)25(39)18(33)11-19(34)31-17-7-5-15(6-8-17)23(28)29/h1-8,18H,9-13H2,(H3,26,27)(H3,28,29)(H,30,38)(H,31,34)(H,36,37)/t18-/m0/s1. The van der Waals surface area contributed by atoms with E-state index in [1.54, 1.807) is 0 Å². The maximum Gasteiger partial charge on any atom is 0.323 e. The monoisotopic (exact) mass is 536 g/mol. The van der Waals surface area contributed by atoms with Crippen molar-refractivity contribution in [3.8, 4) is 0 Å². The number of carbonyl (C=O) groups excluding carboxylic acids is 4. The lowest BCUT2D eigenvalue weighted by Gasteiger charge is -2.39. The summed E-state index contributed by atoms with van der Waals surface area (Å²) in [5.74, 6) is -4.05. The molecule has 14 nitrogen and oxygen atoms in total. The predicted molar refractivity (Wildman–Crippen MR) is 140 cm³/mol. The Bertz CT molecular complexity index is 1310. The van der Waals surface area contributed by atoms with Crippen LogP contribution >= 0.6 is 0 Å². The number of piperazine rings is 1. The number of aliphatic carboxylic acids is 1. The van der Waals surface area contributed by atoms with Crippen LogP contribution in [0.2, 0.25) is 0 Å². The first-order valence-corrected chi connectivity index (χ1v) is 11.7. The van der Waals surface area contributed by atoms with Gasteiger partial charge >= 0.3 is 5.97 Å². The van der Waals surface area contributed by atoms with Crippen LogP contribution in [0, 0.1) is 10.8 Å². The fourth-order valence-corrected chi connectivity index (χ4v) is 3.94. The van der Waals surface area contributed by atoms with Gasteiger partial charge in [-0.05, 0) is 36.4 Å². The van der Waals surface area contributed by atoms with Crippen LogP contribution in [0.15, 0.2) is 48.5 Å². The molecule has 0 aromatic heterocycles. The molecule has 14 heteroatoms. The van der Waals surface area contributed by atoms with Gasteiger partial charge in [0.25, 0.3) is 5.91 Å². The fourth-order valence-electron chi connectivity index (χ4n) is 3.94. The maximum atomic E-state index is 13.1. The van der Waals surface area contributed by atoms with E-state index < -0.39 is 55.2 Å². The van der Waals surface area contributed by atoms with Gasteiger partial charge in [-0.2, -0.15) is 0 Å². The third-order valence-corrected chi connectivity index (χ3v) is 5.95. The number of nitrogens with one attached hydrogen (secondary N) is 4. The number of carbonyl (C=O) groups is 5. The molecule has 9 N–H and O–H groups in total.